The zero-order valence-electron chi connectivity index (χ0n) is 11.1. The molecule has 2 rings (SSSR count). The van der Waals surface area contributed by atoms with Crippen molar-refractivity contribution >= 4 is 15.7 Å². The first kappa shape index (κ1) is 13.8. The van der Waals surface area contributed by atoms with Crippen LogP contribution in [0.4, 0.5) is 0 Å². The van der Waals surface area contributed by atoms with Gasteiger partial charge in [0.05, 0.1) is 17.4 Å². The number of hydrogen-bond donors (Lipinski definition) is 0. The molecule has 2 aliphatic heterocycles. The lowest BCUT2D eigenvalue weighted by Crippen LogP contribution is -2.49. The minimum atomic E-state index is -2.97. The van der Waals surface area contributed by atoms with Crippen LogP contribution in [-0.4, -0.2) is 68.9 Å². The van der Waals surface area contributed by atoms with Gasteiger partial charge in [-0.1, -0.05) is 0 Å². The van der Waals surface area contributed by atoms with E-state index in [0.717, 1.165) is 25.9 Å². The summed E-state index contributed by atoms with van der Waals surface area (Å²) in [7, 11) is 1.09. The van der Waals surface area contributed by atoms with E-state index in [1.165, 1.54) is 0 Å². The van der Waals surface area contributed by atoms with Crippen LogP contribution in [0.1, 0.15) is 19.3 Å². The molecule has 0 spiro atoms. The molecule has 2 heterocycles. The number of nitrogens with zero attached hydrogens (tertiary/aromatic N) is 2. The summed E-state index contributed by atoms with van der Waals surface area (Å²) >= 11 is 0. The van der Waals surface area contributed by atoms with Gasteiger partial charge in [-0.15, -0.1) is 0 Å². The molecule has 0 bridgehead atoms. The van der Waals surface area contributed by atoms with Gasteiger partial charge in [0.25, 0.3) is 0 Å². The second-order valence-electron chi connectivity index (χ2n) is 5.64. The maximum Gasteiger partial charge on any atom is 0.226 e. The molecule has 18 heavy (non-hydrogen) atoms. The largest absolute Gasteiger partial charge is 0.341 e. The number of carbonyl (C=O) groups is 1. The highest BCUT2D eigenvalue weighted by atomic mass is 32.2. The van der Waals surface area contributed by atoms with E-state index in [1.54, 1.807) is 0 Å². The molecular weight excluding hydrogens is 252 g/mol. The van der Waals surface area contributed by atoms with Crippen molar-refractivity contribution in [2.24, 2.45) is 5.92 Å². The van der Waals surface area contributed by atoms with Crippen LogP contribution >= 0.6 is 0 Å². The Morgan fingerprint density at radius 1 is 1.28 bits per heavy atom. The topological polar surface area (TPSA) is 57.7 Å². The zero-order valence-corrected chi connectivity index (χ0v) is 11.9. The SMILES string of the molecule is CN(C)[C@H]1CCCN(C(=O)[C@H]2CCS(=O)(=O)C2)C1. The number of likely N-dealkylation sites (tertiary alicyclic amines) is 1. The van der Waals surface area contributed by atoms with E-state index in [0.29, 0.717) is 12.5 Å². The van der Waals surface area contributed by atoms with E-state index in [9.17, 15) is 13.2 Å². The van der Waals surface area contributed by atoms with E-state index in [-0.39, 0.29) is 23.3 Å². The molecule has 0 aromatic rings. The highest BCUT2D eigenvalue weighted by Crippen LogP contribution is 2.23. The Morgan fingerprint density at radius 3 is 2.56 bits per heavy atom. The van der Waals surface area contributed by atoms with Crippen molar-refractivity contribution in [1.29, 1.82) is 0 Å². The monoisotopic (exact) mass is 274 g/mol. The van der Waals surface area contributed by atoms with Gasteiger partial charge >= 0.3 is 0 Å². The Balaban J connectivity index is 1.97. The number of piperidine rings is 1. The molecule has 0 saturated carbocycles. The minimum Gasteiger partial charge on any atom is -0.341 e. The lowest BCUT2D eigenvalue weighted by Gasteiger charge is -2.37. The minimum absolute atomic E-state index is 0.0441. The molecular formula is C12H22N2O3S. The fourth-order valence-corrected chi connectivity index (χ4v) is 4.56. The second kappa shape index (κ2) is 5.17. The van der Waals surface area contributed by atoms with Crippen LogP contribution in [-0.2, 0) is 14.6 Å². The highest BCUT2D eigenvalue weighted by Gasteiger charge is 2.36. The van der Waals surface area contributed by atoms with Crippen molar-refractivity contribution in [1.82, 2.24) is 9.80 Å². The van der Waals surface area contributed by atoms with Crippen molar-refractivity contribution in [2.45, 2.75) is 25.3 Å². The molecule has 2 saturated heterocycles. The van der Waals surface area contributed by atoms with Gasteiger partial charge in [0.1, 0.15) is 0 Å². The zero-order chi connectivity index (χ0) is 13.3. The smallest absolute Gasteiger partial charge is 0.226 e. The number of likely N-dealkylation sites (N-methyl/N-ethyl adjacent to an activating group) is 1. The lowest BCUT2D eigenvalue weighted by molar-refractivity contribution is -0.136. The summed E-state index contributed by atoms with van der Waals surface area (Å²) in [5.41, 5.74) is 0. The molecule has 2 atom stereocenters. The Kier molecular flexibility index (Phi) is 3.96. The summed E-state index contributed by atoms with van der Waals surface area (Å²) in [5, 5.41) is 0. The van der Waals surface area contributed by atoms with E-state index in [1.807, 2.05) is 19.0 Å². The first-order chi connectivity index (χ1) is 8.39. The second-order valence-corrected chi connectivity index (χ2v) is 7.87. The average molecular weight is 274 g/mol. The van der Waals surface area contributed by atoms with Gasteiger partial charge in [-0.25, -0.2) is 8.42 Å². The molecule has 5 nitrogen and oxygen atoms in total. The fourth-order valence-electron chi connectivity index (χ4n) is 2.82. The Morgan fingerprint density at radius 2 is 2.00 bits per heavy atom. The Bertz CT molecular complexity index is 419. The normalized spacial score (nSPS) is 31.8. The average Bonchev–Trinajstić information content (AvgIpc) is 2.69. The maximum atomic E-state index is 12.3. The van der Waals surface area contributed by atoms with Crippen LogP contribution in [0.3, 0.4) is 0 Å². The van der Waals surface area contributed by atoms with Crippen molar-refractivity contribution in [3.8, 4) is 0 Å². The molecule has 2 fully saturated rings. The van der Waals surface area contributed by atoms with Crippen LogP contribution in [0.2, 0.25) is 0 Å². The highest BCUT2D eigenvalue weighted by molar-refractivity contribution is 7.91. The van der Waals surface area contributed by atoms with Crippen LogP contribution < -0.4 is 0 Å². The summed E-state index contributed by atoms with van der Waals surface area (Å²) < 4.78 is 22.8. The third-order valence-electron chi connectivity index (χ3n) is 4.02. The molecule has 0 aromatic heterocycles. The van der Waals surface area contributed by atoms with Crippen LogP contribution in [0.25, 0.3) is 0 Å². The number of sulfone groups is 1. The van der Waals surface area contributed by atoms with Crippen molar-refractivity contribution in [3.05, 3.63) is 0 Å². The van der Waals surface area contributed by atoms with E-state index in [4.69, 9.17) is 0 Å². The van der Waals surface area contributed by atoms with Crippen molar-refractivity contribution < 1.29 is 13.2 Å². The van der Waals surface area contributed by atoms with Gasteiger partial charge in [-0.3, -0.25) is 4.79 Å². The molecule has 2 aliphatic rings. The number of amides is 1. The number of carbonyl (C=O) groups excluding carboxylic acids is 1. The third kappa shape index (κ3) is 3.03. The molecule has 104 valence electrons. The number of hydrogen-bond acceptors (Lipinski definition) is 4. The molecule has 0 radical (unpaired) electrons. The molecule has 0 aromatic carbocycles. The predicted molar refractivity (Wildman–Crippen MR) is 70.0 cm³/mol. The predicted octanol–water partition coefficient (Wildman–Crippen LogP) is -0.0263. The third-order valence-corrected chi connectivity index (χ3v) is 5.79. The molecule has 0 N–H and O–H groups in total. The maximum absolute atomic E-state index is 12.3. The first-order valence-corrected chi connectivity index (χ1v) is 8.37. The number of rotatable bonds is 2. The van der Waals surface area contributed by atoms with Crippen molar-refractivity contribution in [3.63, 3.8) is 0 Å². The van der Waals surface area contributed by atoms with Gasteiger partial charge in [-0.05, 0) is 33.4 Å². The van der Waals surface area contributed by atoms with Crippen LogP contribution in [0.15, 0.2) is 0 Å². The van der Waals surface area contributed by atoms with Gasteiger partial charge in [0.15, 0.2) is 9.84 Å². The van der Waals surface area contributed by atoms with E-state index >= 15 is 0 Å². The fraction of sp³-hybridized carbons (Fsp3) is 0.917. The summed E-state index contributed by atoms with van der Waals surface area (Å²) in [6.45, 7) is 1.52. The Labute approximate surface area is 109 Å². The molecule has 0 unspecified atom stereocenters. The Hall–Kier alpha value is -0.620. The van der Waals surface area contributed by atoms with Gasteiger partial charge in [0, 0.05) is 19.1 Å². The van der Waals surface area contributed by atoms with E-state index in [2.05, 4.69) is 4.90 Å². The summed E-state index contributed by atoms with van der Waals surface area (Å²) in [6, 6.07) is 0.403. The summed E-state index contributed by atoms with van der Waals surface area (Å²) in [6.07, 6.45) is 2.62. The molecule has 6 heteroatoms. The summed E-state index contributed by atoms with van der Waals surface area (Å²) in [4.78, 5) is 16.3. The van der Waals surface area contributed by atoms with Crippen LogP contribution in [0, 0.1) is 5.92 Å². The van der Waals surface area contributed by atoms with Crippen LogP contribution in [0.5, 0.6) is 0 Å². The summed E-state index contributed by atoms with van der Waals surface area (Å²) in [5.74, 6) is -0.0258. The standard InChI is InChI=1S/C12H22N2O3S/c1-13(2)11-4-3-6-14(8-11)12(15)10-5-7-18(16,17)9-10/h10-11H,3-9H2,1-2H3/t10-,11-/m0/s1. The van der Waals surface area contributed by atoms with Gasteiger partial charge < -0.3 is 9.80 Å². The molecule has 0 aliphatic carbocycles. The molecule has 1 amide bonds. The van der Waals surface area contributed by atoms with Crippen molar-refractivity contribution in [2.75, 3.05) is 38.7 Å². The lowest BCUT2D eigenvalue weighted by atomic mass is 10.0. The van der Waals surface area contributed by atoms with Gasteiger partial charge in [-0.2, -0.15) is 0 Å². The quantitative estimate of drug-likeness (QED) is 0.710. The van der Waals surface area contributed by atoms with E-state index < -0.39 is 9.84 Å². The first-order valence-electron chi connectivity index (χ1n) is 6.55. The van der Waals surface area contributed by atoms with Gasteiger partial charge in [0.2, 0.25) is 5.91 Å².